The largest absolute Gasteiger partial charge is 0.394 e. The van der Waals surface area contributed by atoms with Crippen molar-refractivity contribution in [2.24, 2.45) is 5.73 Å². The fourth-order valence-corrected chi connectivity index (χ4v) is 7.17. The zero-order valence-electron chi connectivity index (χ0n) is 25.4. The van der Waals surface area contributed by atoms with E-state index in [1.807, 2.05) is 6.92 Å². The maximum atomic E-state index is 14.2. The normalized spacial score (nSPS) is 14.0. The van der Waals surface area contributed by atoms with Crippen LogP contribution in [0.4, 0.5) is 20.6 Å². The number of fused-ring (bicyclic) bond motifs is 1. The highest BCUT2D eigenvalue weighted by atomic mass is 35.5. The number of primary amides is 1. The van der Waals surface area contributed by atoms with E-state index in [1.54, 1.807) is 0 Å². The van der Waals surface area contributed by atoms with Gasteiger partial charge in [-0.25, -0.2) is 18.5 Å². The molecule has 2 amide bonds. The molecule has 0 fully saturated rings. The van der Waals surface area contributed by atoms with Crippen molar-refractivity contribution < 1.29 is 43.1 Å². The van der Waals surface area contributed by atoms with E-state index in [0.29, 0.717) is 10.8 Å². The Labute approximate surface area is 281 Å². The van der Waals surface area contributed by atoms with Crippen molar-refractivity contribution >= 4 is 61.3 Å². The second-order valence-corrected chi connectivity index (χ2v) is 13.7. The molecule has 10 N–H and O–H groups in total. The minimum absolute atomic E-state index is 0.0518. The molecule has 0 saturated heterocycles. The highest BCUT2D eigenvalue weighted by molar-refractivity contribution is 7.95. The molecule has 0 unspecified atom stereocenters. The van der Waals surface area contributed by atoms with Gasteiger partial charge in [0.15, 0.2) is 0 Å². The number of thiophene rings is 1. The molecule has 2 heterocycles. The summed E-state index contributed by atoms with van der Waals surface area (Å²) in [5.74, 6) is -0.683. The molecule has 0 saturated carbocycles. The van der Waals surface area contributed by atoms with Gasteiger partial charge in [0.25, 0.3) is 15.6 Å². The lowest BCUT2D eigenvalue weighted by atomic mass is 10.0. The van der Waals surface area contributed by atoms with Crippen LogP contribution in [-0.2, 0) is 10.0 Å². The number of amides is 2. The summed E-state index contributed by atoms with van der Waals surface area (Å²) in [4.78, 5) is 40.1. The average Bonchev–Trinajstić information content (AvgIpc) is 3.50. The van der Waals surface area contributed by atoms with Crippen LogP contribution in [0, 0.1) is 5.82 Å². The molecule has 262 valence electrons. The van der Waals surface area contributed by atoms with Crippen molar-refractivity contribution in [3.8, 4) is 5.69 Å². The molecule has 4 aromatic rings. The van der Waals surface area contributed by atoms with Gasteiger partial charge in [-0.2, -0.15) is 12.7 Å². The van der Waals surface area contributed by atoms with Crippen LogP contribution in [0.25, 0.3) is 16.6 Å². The molecule has 0 bridgehead atoms. The lowest BCUT2D eigenvalue weighted by Gasteiger charge is -2.25. The van der Waals surface area contributed by atoms with Crippen LogP contribution in [0.5, 0.6) is 0 Å². The molecule has 0 aliphatic heterocycles. The third-order valence-corrected chi connectivity index (χ3v) is 10.2. The maximum Gasteiger partial charge on any atom is 0.333 e. The van der Waals surface area contributed by atoms with E-state index in [-0.39, 0.29) is 43.1 Å². The molecule has 4 rings (SSSR count). The van der Waals surface area contributed by atoms with Crippen LogP contribution >= 0.6 is 22.9 Å². The van der Waals surface area contributed by atoms with E-state index in [0.717, 1.165) is 22.0 Å². The summed E-state index contributed by atoms with van der Waals surface area (Å²) in [7, 11) is -2.86. The lowest BCUT2D eigenvalue weighted by Crippen LogP contribution is -2.49. The Bertz CT molecular complexity index is 1950. The van der Waals surface area contributed by atoms with Gasteiger partial charge in [-0.1, -0.05) is 18.5 Å². The van der Waals surface area contributed by atoms with E-state index in [4.69, 9.17) is 27.5 Å². The van der Waals surface area contributed by atoms with Crippen LogP contribution in [0.15, 0.2) is 62.3 Å². The summed E-state index contributed by atoms with van der Waals surface area (Å²) in [6.07, 6.45) is -5.64. The SMILES string of the molecule is CCNC[C@H](O)[C@@H](O)[C@H](O)[C@H](O)CO.CNc1cc2[nH]c(=O)n(-c3ccc(N(C(N)=O)S(=O)(=O)c4ccc(Cl)s4)cc3)c(=O)c2cc1F. The summed E-state index contributed by atoms with van der Waals surface area (Å²) in [6, 6.07) is 8.54. The fourth-order valence-electron chi connectivity index (χ4n) is 4.29. The zero-order valence-corrected chi connectivity index (χ0v) is 27.8. The summed E-state index contributed by atoms with van der Waals surface area (Å²) in [5.41, 5.74) is 3.89. The van der Waals surface area contributed by atoms with Gasteiger partial charge in [0.1, 0.15) is 28.3 Å². The molecular weight excluding hydrogens is 699 g/mol. The summed E-state index contributed by atoms with van der Waals surface area (Å²) in [5, 5.41) is 50.6. The first kappa shape index (κ1) is 38.5. The quantitative estimate of drug-likeness (QED) is 0.0924. The third kappa shape index (κ3) is 8.56. The van der Waals surface area contributed by atoms with Crippen LogP contribution < -0.4 is 31.9 Å². The minimum atomic E-state index is -4.36. The van der Waals surface area contributed by atoms with E-state index >= 15 is 0 Å². The number of hydrogen-bond donors (Lipinski definition) is 9. The van der Waals surface area contributed by atoms with Crippen molar-refractivity contribution in [3.05, 3.63) is 79.5 Å². The standard InChI is InChI=1S/C20H15ClFN5O5S2.C8H19NO5/c1-24-15-9-14-12(8-13(15)22)18(28)26(20(30)25-14)10-2-4-11(5-3-10)27(19(23)29)34(31,32)17-7-6-16(21)33-17;1-2-9-3-5(11)7(13)8(14)6(12)4-10/h2-9,24H,1H3,(H2,23,29)(H,25,30);5-14H,2-4H2,1H3/t;5-,6+,7+,8+/m.0/s1. The van der Waals surface area contributed by atoms with Crippen molar-refractivity contribution in [2.45, 2.75) is 35.5 Å². The number of aromatic nitrogens is 2. The zero-order chi connectivity index (χ0) is 35.9. The smallest absolute Gasteiger partial charge is 0.333 e. The van der Waals surface area contributed by atoms with Gasteiger partial charge in [-0.3, -0.25) is 4.79 Å². The Kier molecular flexibility index (Phi) is 13.2. The number of likely N-dealkylation sites (N-methyl/N-ethyl adjacent to an activating group) is 1. The summed E-state index contributed by atoms with van der Waals surface area (Å²) < 4.78 is 41.1. The van der Waals surface area contributed by atoms with Gasteiger partial charge in [-0.15, -0.1) is 11.3 Å². The second kappa shape index (κ2) is 16.5. The van der Waals surface area contributed by atoms with Crippen molar-refractivity contribution in [3.63, 3.8) is 0 Å². The molecule has 20 heteroatoms. The number of aliphatic hydroxyl groups is 5. The van der Waals surface area contributed by atoms with Gasteiger partial charge in [0.2, 0.25) is 0 Å². The number of aromatic amines is 1. The number of urea groups is 1. The van der Waals surface area contributed by atoms with Gasteiger partial charge in [0, 0.05) is 13.6 Å². The molecule has 0 spiro atoms. The van der Waals surface area contributed by atoms with E-state index < -0.39 is 64.1 Å². The van der Waals surface area contributed by atoms with Gasteiger partial charge < -0.3 is 46.9 Å². The molecule has 0 aliphatic rings. The van der Waals surface area contributed by atoms with E-state index in [1.165, 1.54) is 49.5 Å². The number of carbonyl (C=O) groups excluding carboxylic acids is 1. The van der Waals surface area contributed by atoms with Crippen LogP contribution in [0.3, 0.4) is 0 Å². The first-order chi connectivity index (χ1) is 22.6. The predicted molar refractivity (Wildman–Crippen MR) is 178 cm³/mol. The van der Waals surface area contributed by atoms with Crippen LogP contribution in [0.1, 0.15) is 6.92 Å². The number of nitrogens with zero attached hydrogens (tertiary/aromatic N) is 2. The molecule has 2 aromatic carbocycles. The lowest BCUT2D eigenvalue weighted by molar-refractivity contribution is -0.113. The monoisotopic (exact) mass is 732 g/mol. The Balaban J connectivity index is 0.000000378. The number of anilines is 2. The molecule has 2 aromatic heterocycles. The van der Waals surface area contributed by atoms with E-state index in [2.05, 4.69) is 15.6 Å². The number of aliphatic hydroxyl groups excluding tert-OH is 5. The Morgan fingerprint density at radius 1 is 1.08 bits per heavy atom. The number of carbonyl (C=O) groups is 1. The summed E-state index contributed by atoms with van der Waals surface area (Å²) >= 11 is 6.56. The molecule has 0 aliphatic carbocycles. The minimum Gasteiger partial charge on any atom is -0.394 e. The average molecular weight is 733 g/mol. The van der Waals surface area contributed by atoms with Crippen LogP contribution in [0.2, 0.25) is 4.34 Å². The fraction of sp³-hybridized carbons (Fsp3) is 0.321. The predicted octanol–water partition coefficient (Wildman–Crippen LogP) is -0.119. The number of H-pyrrole nitrogens is 1. The third-order valence-electron chi connectivity index (χ3n) is 6.77. The highest BCUT2D eigenvalue weighted by Gasteiger charge is 2.31. The Hall–Kier alpha value is -3.92. The summed E-state index contributed by atoms with van der Waals surface area (Å²) in [6.45, 7) is 1.92. The number of rotatable bonds is 12. The molecular formula is C28H34ClFN6O10S2. The number of nitrogens with one attached hydrogen (secondary N) is 3. The molecule has 16 nitrogen and oxygen atoms in total. The maximum absolute atomic E-state index is 14.2. The van der Waals surface area contributed by atoms with Crippen molar-refractivity contribution in [1.82, 2.24) is 14.9 Å². The molecule has 0 radical (unpaired) electrons. The van der Waals surface area contributed by atoms with Crippen molar-refractivity contribution in [1.29, 1.82) is 0 Å². The highest BCUT2D eigenvalue weighted by Crippen LogP contribution is 2.31. The van der Waals surface area contributed by atoms with Crippen LogP contribution in [-0.4, -0.2) is 101 Å². The van der Waals surface area contributed by atoms with Gasteiger partial charge in [-0.05, 0) is 55.1 Å². The number of benzene rings is 2. The number of hydrogen-bond acceptors (Lipinski definition) is 13. The topological polar surface area (TPSA) is 261 Å². The molecule has 48 heavy (non-hydrogen) atoms. The van der Waals surface area contributed by atoms with Gasteiger partial charge >= 0.3 is 11.7 Å². The first-order valence-corrected chi connectivity index (χ1v) is 16.6. The van der Waals surface area contributed by atoms with Crippen molar-refractivity contribution in [2.75, 3.05) is 36.4 Å². The number of nitrogens with two attached hydrogens (primary N) is 1. The Morgan fingerprint density at radius 2 is 1.71 bits per heavy atom. The number of halogens is 2. The first-order valence-electron chi connectivity index (χ1n) is 14.0. The second-order valence-electron chi connectivity index (χ2n) is 9.99. The van der Waals surface area contributed by atoms with E-state index in [9.17, 15) is 42.5 Å². The van der Waals surface area contributed by atoms with Gasteiger partial charge in [0.05, 0.1) is 45.0 Å². The molecule has 4 atom stereocenters. The Morgan fingerprint density at radius 3 is 2.23 bits per heavy atom. The number of sulfonamides is 1.